The van der Waals surface area contributed by atoms with E-state index < -0.39 is 0 Å². The topological polar surface area (TPSA) is 33.1 Å². The molecule has 98 valence electrons. The average Bonchev–Trinajstić information content (AvgIpc) is 2.65. The molecular formula is C13H26N4. The van der Waals surface area contributed by atoms with Crippen LogP contribution in [0.15, 0.2) is 12.4 Å². The summed E-state index contributed by atoms with van der Waals surface area (Å²) >= 11 is 0. The fourth-order valence-corrected chi connectivity index (χ4v) is 1.91. The van der Waals surface area contributed by atoms with E-state index in [1.54, 1.807) is 0 Å². The fourth-order valence-electron chi connectivity index (χ4n) is 1.91. The lowest BCUT2D eigenvalue weighted by molar-refractivity contribution is 0.138. The van der Waals surface area contributed by atoms with Crippen molar-refractivity contribution in [3.8, 4) is 0 Å². The monoisotopic (exact) mass is 238 g/mol. The molecule has 0 aromatic carbocycles. The molecule has 1 heterocycles. The molecule has 0 aliphatic carbocycles. The highest BCUT2D eigenvalue weighted by molar-refractivity contribution is 5.16. The second-order valence-corrected chi connectivity index (χ2v) is 5.38. The number of rotatable bonds is 6. The molecule has 0 radical (unpaired) electrons. The van der Waals surface area contributed by atoms with Gasteiger partial charge >= 0.3 is 0 Å². The molecule has 1 aromatic rings. The van der Waals surface area contributed by atoms with Crippen molar-refractivity contribution in [2.24, 2.45) is 7.05 Å². The Morgan fingerprint density at radius 2 is 2.12 bits per heavy atom. The molecule has 1 unspecified atom stereocenters. The molecule has 4 nitrogen and oxygen atoms in total. The smallest absolute Gasteiger partial charge is 0.0538 e. The van der Waals surface area contributed by atoms with E-state index in [9.17, 15) is 0 Å². The van der Waals surface area contributed by atoms with Gasteiger partial charge < -0.3 is 10.2 Å². The van der Waals surface area contributed by atoms with Crippen molar-refractivity contribution in [2.45, 2.75) is 38.8 Å². The number of nitrogens with zero attached hydrogens (tertiary/aromatic N) is 3. The summed E-state index contributed by atoms with van der Waals surface area (Å²) in [6.07, 6.45) is 5.19. The first-order valence-corrected chi connectivity index (χ1v) is 6.29. The van der Waals surface area contributed by atoms with Gasteiger partial charge in [0.1, 0.15) is 0 Å². The van der Waals surface area contributed by atoms with Crippen LogP contribution in [0.25, 0.3) is 0 Å². The minimum atomic E-state index is 0.0538. The predicted molar refractivity (Wildman–Crippen MR) is 72.0 cm³/mol. The highest BCUT2D eigenvalue weighted by Gasteiger charge is 2.33. The van der Waals surface area contributed by atoms with Gasteiger partial charge in [-0.2, -0.15) is 5.10 Å². The van der Waals surface area contributed by atoms with E-state index in [0.717, 1.165) is 13.0 Å². The Labute approximate surface area is 105 Å². The number of hydrogen-bond acceptors (Lipinski definition) is 3. The molecular weight excluding hydrogens is 212 g/mol. The van der Waals surface area contributed by atoms with Gasteiger partial charge in [0.2, 0.25) is 0 Å². The Balaban J connectivity index is 2.95. The molecule has 1 N–H and O–H groups in total. The van der Waals surface area contributed by atoms with Crippen LogP contribution in [0.1, 0.15) is 38.8 Å². The first kappa shape index (κ1) is 14.2. The summed E-state index contributed by atoms with van der Waals surface area (Å²) in [5, 5.41) is 7.90. The third kappa shape index (κ3) is 3.30. The van der Waals surface area contributed by atoms with Crippen molar-refractivity contribution < 1.29 is 0 Å². The van der Waals surface area contributed by atoms with Gasteiger partial charge in [-0.05, 0) is 40.9 Å². The number of aromatic nitrogens is 2. The molecule has 1 aromatic heterocycles. The molecule has 0 saturated carbocycles. The molecule has 0 fully saturated rings. The number of nitrogens with one attached hydrogen (secondary N) is 1. The molecule has 0 saturated heterocycles. The average molecular weight is 238 g/mol. The maximum Gasteiger partial charge on any atom is 0.0538 e. The van der Waals surface area contributed by atoms with E-state index in [-0.39, 0.29) is 5.54 Å². The quantitative estimate of drug-likeness (QED) is 0.820. The Morgan fingerprint density at radius 1 is 1.47 bits per heavy atom. The Bertz CT molecular complexity index is 341. The summed E-state index contributed by atoms with van der Waals surface area (Å²) in [6, 6.07) is 0.297. The van der Waals surface area contributed by atoms with Crippen LogP contribution < -0.4 is 5.32 Å². The van der Waals surface area contributed by atoms with Gasteiger partial charge in [0.25, 0.3) is 0 Å². The number of aryl methyl sites for hydroxylation is 1. The van der Waals surface area contributed by atoms with Crippen molar-refractivity contribution in [1.29, 1.82) is 0 Å². The van der Waals surface area contributed by atoms with Crippen molar-refractivity contribution >= 4 is 0 Å². The van der Waals surface area contributed by atoms with E-state index >= 15 is 0 Å². The van der Waals surface area contributed by atoms with Crippen LogP contribution in [-0.4, -0.2) is 40.9 Å². The second kappa shape index (κ2) is 5.65. The van der Waals surface area contributed by atoms with Gasteiger partial charge in [-0.15, -0.1) is 0 Å². The van der Waals surface area contributed by atoms with Crippen molar-refractivity contribution in [1.82, 2.24) is 20.0 Å². The van der Waals surface area contributed by atoms with Crippen molar-refractivity contribution in [3.63, 3.8) is 0 Å². The molecule has 0 spiro atoms. The number of likely N-dealkylation sites (N-methyl/N-ethyl adjacent to an activating group) is 1. The van der Waals surface area contributed by atoms with Crippen LogP contribution in [0.3, 0.4) is 0 Å². The zero-order valence-electron chi connectivity index (χ0n) is 12.0. The standard InChI is InChI=1S/C13H26N4/c1-7-8-14-12(13(2,3)16(4)5)11-9-15-17(6)10-11/h9-10,12,14H,7-8H2,1-6H3. The molecule has 1 rings (SSSR count). The normalized spacial score (nSPS) is 14.3. The Kier molecular flexibility index (Phi) is 4.71. The summed E-state index contributed by atoms with van der Waals surface area (Å²) in [5.74, 6) is 0. The van der Waals surface area contributed by atoms with Gasteiger partial charge in [-0.1, -0.05) is 6.92 Å². The maximum atomic E-state index is 4.28. The minimum absolute atomic E-state index is 0.0538. The second-order valence-electron chi connectivity index (χ2n) is 5.38. The van der Waals surface area contributed by atoms with Gasteiger partial charge in [0.05, 0.1) is 12.2 Å². The lowest BCUT2D eigenvalue weighted by Crippen LogP contribution is -2.49. The third-order valence-electron chi connectivity index (χ3n) is 3.52. The Hall–Kier alpha value is -0.870. The Morgan fingerprint density at radius 3 is 2.53 bits per heavy atom. The van der Waals surface area contributed by atoms with Crippen LogP contribution in [-0.2, 0) is 7.05 Å². The zero-order chi connectivity index (χ0) is 13.1. The summed E-state index contributed by atoms with van der Waals surface area (Å²) in [4.78, 5) is 2.26. The van der Waals surface area contributed by atoms with Crippen molar-refractivity contribution in [2.75, 3.05) is 20.6 Å². The molecule has 0 bridgehead atoms. The summed E-state index contributed by atoms with van der Waals surface area (Å²) in [6.45, 7) is 7.73. The third-order valence-corrected chi connectivity index (χ3v) is 3.52. The maximum absolute atomic E-state index is 4.28. The molecule has 17 heavy (non-hydrogen) atoms. The first-order chi connectivity index (χ1) is 7.89. The van der Waals surface area contributed by atoms with Crippen molar-refractivity contribution in [3.05, 3.63) is 18.0 Å². The van der Waals surface area contributed by atoms with Gasteiger partial charge in [0.15, 0.2) is 0 Å². The van der Waals surface area contributed by atoms with E-state index in [1.165, 1.54) is 5.56 Å². The molecule has 4 heteroatoms. The van der Waals surface area contributed by atoms with Crippen LogP contribution in [0.5, 0.6) is 0 Å². The predicted octanol–water partition coefficient (Wildman–Crippen LogP) is 1.80. The zero-order valence-corrected chi connectivity index (χ0v) is 12.0. The van der Waals surface area contributed by atoms with E-state index in [4.69, 9.17) is 0 Å². The molecule has 0 aliphatic heterocycles. The van der Waals surface area contributed by atoms with Gasteiger partial charge in [-0.25, -0.2) is 0 Å². The first-order valence-electron chi connectivity index (χ1n) is 6.29. The van der Waals surface area contributed by atoms with Crippen LogP contribution in [0.2, 0.25) is 0 Å². The molecule has 1 atom stereocenters. The molecule has 0 aliphatic rings. The van der Waals surface area contributed by atoms with Crippen LogP contribution in [0.4, 0.5) is 0 Å². The number of hydrogen-bond donors (Lipinski definition) is 1. The highest BCUT2D eigenvalue weighted by Crippen LogP contribution is 2.29. The largest absolute Gasteiger partial charge is 0.308 e. The van der Waals surface area contributed by atoms with E-state index in [1.807, 2.05) is 17.9 Å². The lowest BCUT2D eigenvalue weighted by atomic mass is 9.89. The van der Waals surface area contributed by atoms with Gasteiger partial charge in [0, 0.05) is 24.3 Å². The fraction of sp³-hybridized carbons (Fsp3) is 0.769. The highest BCUT2D eigenvalue weighted by atomic mass is 15.2. The van der Waals surface area contributed by atoms with Crippen LogP contribution in [0, 0.1) is 0 Å². The summed E-state index contributed by atoms with van der Waals surface area (Å²) < 4.78 is 1.86. The summed E-state index contributed by atoms with van der Waals surface area (Å²) in [7, 11) is 6.21. The SMILES string of the molecule is CCCNC(c1cnn(C)c1)C(C)(C)N(C)C. The van der Waals surface area contributed by atoms with E-state index in [0.29, 0.717) is 6.04 Å². The van der Waals surface area contributed by atoms with Gasteiger partial charge in [-0.3, -0.25) is 4.68 Å². The molecule has 0 amide bonds. The lowest BCUT2D eigenvalue weighted by Gasteiger charge is -2.40. The minimum Gasteiger partial charge on any atom is -0.308 e. The summed E-state index contributed by atoms with van der Waals surface area (Å²) in [5.41, 5.74) is 1.30. The van der Waals surface area contributed by atoms with E-state index in [2.05, 4.69) is 56.4 Å². The van der Waals surface area contributed by atoms with Crippen LogP contribution >= 0.6 is 0 Å².